The largest absolute Gasteiger partial charge is 0.493 e. The number of methoxy groups -OCH3 is 1. The van der Waals surface area contributed by atoms with Crippen LogP contribution in [0.2, 0.25) is 0 Å². The lowest BCUT2D eigenvalue weighted by molar-refractivity contribution is 0.310. The molecule has 0 bridgehead atoms. The Labute approximate surface area is 167 Å². The molecule has 2 aromatic carbocycles. The van der Waals surface area contributed by atoms with Crippen molar-refractivity contribution in [2.24, 2.45) is 0 Å². The average molecular weight is 380 g/mol. The maximum absolute atomic E-state index is 5.67. The Kier molecular flexibility index (Phi) is 6.71. The molecule has 0 radical (unpaired) electrons. The van der Waals surface area contributed by atoms with Gasteiger partial charge in [0.15, 0.2) is 11.5 Å². The van der Waals surface area contributed by atoms with Crippen molar-refractivity contribution >= 4 is 0 Å². The molecule has 5 heteroatoms. The van der Waals surface area contributed by atoms with Gasteiger partial charge in [-0.2, -0.15) is 5.10 Å². The van der Waals surface area contributed by atoms with Gasteiger partial charge in [0.2, 0.25) is 0 Å². The lowest BCUT2D eigenvalue weighted by atomic mass is 10.1. The van der Waals surface area contributed by atoms with E-state index in [1.165, 1.54) is 16.8 Å². The molecular weight excluding hydrogens is 350 g/mol. The summed E-state index contributed by atoms with van der Waals surface area (Å²) in [7, 11) is 1.66. The smallest absolute Gasteiger partial charge is 0.161 e. The lowest BCUT2D eigenvalue weighted by Crippen LogP contribution is -2.14. The minimum absolute atomic E-state index is 0.617. The van der Waals surface area contributed by atoms with Crippen LogP contribution in [0.5, 0.6) is 11.5 Å². The van der Waals surface area contributed by atoms with Gasteiger partial charge in [-0.15, -0.1) is 0 Å². The average Bonchev–Trinajstić information content (AvgIpc) is 2.96. The highest BCUT2D eigenvalue weighted by atomic mass is 16.5. The number of hydrogen-bond acceptors (Lipinski definition) is 4. The number of aryl methyl sites for hydroxylation is 1. The second-order valence-electron chi connectivity index (χ2n) is 6.81. The van der Waals surface area contributed by atoms with Crippen molar-refractivity contribution in [3.63, 3.8) is 0 Å². The van der Waals surface area contributed by atoms with Crippen LogP contribution in [0, 0.1) is 13.8 Å². The summed E-state index contributed by atoms with van der Waals surface area (Å²) in [5.74, 6) is 1.55. The molecule has 5 nitrogen and oxygen atoms in total. The summed E-state index contributed by atoms with van der Waals surface area (Å²) in [5, 5.41) is 8.27. The van der Waals surface area contributed by atoms with E-state index in [0.717, 1.165) is 42.4 Å². The second kappa shape index (κ2) is 9.42. The number of rotatable bonds is 9. The van der Waals surface area contributed by atoms with E-state index in [4.69, 9.17) is 14.6 Å². The van der Waals surface area contributed by atoms with Gasteiger partial charge in [0.25, 0.3) is 0 Å². The molecule has 0 amide bonds. The first-order chi connectivity index (χ1) is 13.6. The summed E-state index contributed by atoms with van der Waals surface area (Å²) in [6.07, 6.45) is 0. The van der Waals surface area contributed by atoms with Crippen LogP contribution in [0.3, 0.4) is 0 Å². The molecule has 0 unspecified atom stereocenters. The Morgan fingerprint density at radius 3 is 2.46 bits per heavy atom. The monoisotopic (exact) mass is 379 g/mol. The van der Waals surface area contributed by atoms with Crippen molar-refractivity contribution in [3.8, 4) is 11.5 Å². The van der Waals surface area contributed by atoms with Crippen molar-refractivity contribution in [1.82, 2.24) is 15.1 Å². The Bertz CT molecular complexity index is 904. The third-order valence-corrected chi connectivity index (χ3v) is 4.87. The first-order valence-corrected chi connectivity index (χ1v) is 9.69. The maximum atomic E-state index is 5.67. The van der Waals surface area contributed by atoms with E-state index < -0.39 is 0 Å². The van der Waals surface area contributed by atoms with E-state index in [1.807, 2.05) is 25.1 Å². The van der Waals surface area contributed by atoms with Gasteiger partial charge in [-0.1, -0.05) is 36.4 Å². The minimum atomic E-state index is 0.617. The van der Waals surface area contributed by atoms with Gasteiger partial charge in [-0.25, -0.2) is 0 Å². The molecule has 0 fully saturated rings. The van der Waals surface area contributed by atoms with Gasteiger partial charge in [0.1, 0.15) is 0 Å². The van der Waals surface area contributed by atoms with E-state index in [2.05, 4.69) is 54.2 Å². The third kappa shape index (κ3) is 4.73. The molecule has 28 heavy (non-hydrogen) atoms. The minimum Gasteiger partial charge on any atom is -0.493 e. The van der Waals surface area contributed by atoms with Crippen LogP contribution < -0.4 is 14.8 Å². The summed E-state index contributed by atoms with van der Waals surface area (Å²) in [5.41, 5.74) is 5.96. The van der Waals surface area contributed by atoms with Crippen molar-refractivity contribution in [2.75, 3.05) is 13.7 Å². The van der Waals surface area contributed by atoms with Gasteiger partial charge in [-0.3, -0.25) is 4.68 Å². The zero-order valence-electron chi connectivity index (χ0n) is 17.2. The summed E-state index contributed by atoms with van der Waals surface area (Å²) in [6.45, 7) is 9.14. The molecule has 0 atom stereocenters. The molecule has 3 aromatic rings. The Hall–Kier alpha value is -2.79. The van der Waals surface area contributed by atoms with Crippen molar-refractivity contribution in [3.05, 3.63) is 76.6 Å². The fourth-order valence-electron chi connectivity index (χ4n) is 3.33. The zero-order valence-corrected chi connectivity index (χ0v) is 17.2. The summed E-state index contributed by atoms with van der Waals surface area (Å²) in [6, 6.07) is 16.5. The quantitative estimate of drug-likeness (QED) is 0.604. The number of nitrogens with zero attached hydrogens (tertiary/aromatic N) is 2. The number of ether oxygens (including phenoxy) is 2. The van der Waals surface area contributed by atoms with E-state index in [0.29, 0.717) is 6.61 Å². The van der Waals surface area contributed by atoms with E-state index in [9.17, 15) is 0 Å². The standard InChI is InChI=1S/C23H29N3O2/c1-5-28-23-13-20(11-12-22(23)27-4)14-24-15-21-17(2)25-26(18(21)3)16-19-9-7-6-8-10-19/h6-13,24H,5,14-16H2,1-4H3. The molecule has 148 valence electrons. The third-order valence-electron chi connectivity index (χ3n) is 4.87. The van der Waals surface area contributed by atoms with Crippen LogP contribution in [-0.2, 0) is 19.6 Å². The number of benzene rings is 2. The molecule has 1 heterocycles. The predicted molar refractivity (Wildman–Crippen MR) is 112 cm³/mol. The zero-order chi connectivity index (χ0) is 19.9. The Morgan fingerprint density at radius 1 is 0.964 bits per heavy atom. The molecular formula is C23H29N3O2. The fraction of sp³-hybridized carbons (Fsp3) is 0.348. The van der Waals surface area contributed by atoms with Crippen molar-refractivity contribution in [2.45, 2.75) is 40.4 Å². The van der Waals surface area contributed by atoms with Gasteiger partial charge in [0, 0.05) is 24.3 Å². The van der Waals surface area contributed by atoms with Crippen LogP contribution in [0.1, 0.15) is 35.0 Å². The number of aromatic nitrogens is 2. The second-order valence-corrected chi connectivity index (χ2v) is 6.81. The van der Waals surface area contributed by atoms with Crippen LogP contribution in [0.4, 0.5) is 0 Å². The highest BCUT2D eigenvalue weighted by Crippen LogP contribution is 2.28. The van der Waals surface area contributed by atoms with Gasteiger partial charge < -0.3 is 14.8 Å². The first kappa shape index (κ1) is 20.0. The van der Waals surface area contributed by atoms with Gasteiger partial charge in [-0.05, 0) is 44.0 Å². The van der Waals surface area contributed by atoms with Crippen LogP contribution in [0.15, 0.2) is 48.5 Å². The molecule has 1 N–H and O–H groups in total. The topological polar surface area (TPSA) is 48.3 Å². The lowest BCUT2D eigenvalue weighted by Gasteiger charge is -2.12. The number of hydrogen-bond donors (Lipinski definition) is 1. The van der Waals surface area contributed by atoms with Gasteiger partial charge >= 0.3 is 0 Å². The summed E-state index contributed by atoms with van der Waals surface area (Å²) in [4.78, 5) is 0. The first-order valence-electron chi connectivity index (χ1n) is 9.69. The van der Waals surface area contributed by atoms with E-state index in [-0.39, 0.29) is 0 Å². The SMILES string of the molecule is CCOc1cc(CNCc2c(C)nn(Cc3ccccc3)c2C)ccc1OC. The Balaban J connectivity index is 1.64. The fourth-order valence-corrected chi connectivity index (χ4v) is 3.33. The number of nitrogens with one attached hydrogen (secondary N) is 1. The van der Waals surface area contributed by atoms with Crippen LogP contribution in [-0.4, -0.2) is 23.5 Å². The molecule has 0 saturated heterocycles. The molecule has 0 saturated carbocycles. The molecule has 0 spiro atoms. The van der Waals surface area contributed by atoms with E-state index in [1.54, 1.807) is 7.11 Å². The summed E-state index contributed by atoms with van der Waals surface area (Å²) >= 11 is 0. The predicted octanol–water partition coefficient (Wildman–Crippen LogP) is 4.25. The molecule has 0 aliphatic rings. The molecule has 3 rings (SSSR count). The van der Waals surface area contributed by atoms with Crippen molar-refractivity contribution < 1.29 is 9.47 Å². The van der Waals surface area contributed by atoms with E-state index >= 15 is 0 Å². The van der Waals surface area contributed by atoms with Gasteiger partial charge in [0.05, 0.1) is 26.0 Å². The maximum Gasteiger partial charge on any atom is 0.161 e. The van der Waals surface area contributed by atoms with Crippen LogP contribution >= 0.6 is 0 Å². The van der Waals surface area contributed by atoms with Crippen molar-refractivity contribution in [1.29, 1.82) is 0 Å². The normalized spacial score (nSPS) is 10.9. The highest BCUT2D eigenvalue weighted by molar-refractivity contribution is 5.43. The highest BCUT2D eigenvalue weighted by Gasteiger charge is 2.12. The summed E-state index contributed by atoms with van der Waals surface area (Å²) < 4.78 is 13.1. The van der Waals surface area contributed by atoms with Crippen LogP contribution in [0.25, 0.3) is 0 Å². The molecule has 1 aromatic heterocycles. The molecule has 0 aliphatic heterocycles. The molecule has 0 aliphatic carbocycles. The Morgan fingerprint density at radius 2 is 1.75 bits per heavy atom.